The van der Waals surface area contributed by atoms with Crippen LogP contribution < -0.4 is 20.7 Å². The summed E-state index contributed by atoms with van der Waals surface area (Å²) >= 11 is -1.83. The molecule has 0 aromatic heterocycles. The summed E-state index contributed by atoms with van der Waals surface area (Å²) < 4.78 is 4.55. The maximum atomic E-state index is 8.89. The molecule has 0 heterocycles. The van der Waals surface area contributed by atoms with Crippen LogP contribution in [0.25, 0.3) is 0 Å². The van der Waals surface area contributed by atoms with Crippen molar-refractivity contribution < 1.29 is 36.6 Å². The van der Waals surface area contributed by atoms with Gasteiger partial charge in [0.1, 0.15) is 0 Å². The predicted molar refractivity (Wildman–Crippen MR) is 121 cm³/mol. The van der Waals surface area contributed by atoms with Gasteiger partial charge in [0.05, 0.1) is 0 Å². The number of carboxylic acids is 2. The summed E-state index contributed by atoms with van der Waals surface area (Å²) in [6, 6.07) is 32.9. The molecule has 3 aromatic carbocycles. The molecule has 0 saturated heterocycles. The Morgan fingerprint density at radius 2 is 0.759 bits per heavy atom. The molecule has 155 valence electrons. The van der Waals surface area contributed by atoms with Crippen LogP contribution in [-0.2, 0) is 26.4 Å². The molecular formula is C22H22CoIO4Sb. The molecule has 0 atom stereocenters. The van der Waals surface area contributed by atoms with Gasteiger partial charge >= 0.3 is 139 Å². The first-order chi connectivity index (χ1) is 12.9. The predicted octanol–water partition coefficient (Wildman–Crippen LogP) is 0.331. The third kappa shape index (κ3) is 13.5. The number of hydrogen-bond acceptors (Lipinski definition) is 4. The third-order valence-corrected chi connectivity index (χ3v) is 10.0. The second-order valence-electron chi connectivity index (χ2n) is 5.33. The van der Waals surface area contributed by atoms with E-state index in [9.17, 15) is 0 Å². The van der Waals surface area contributed by atoms with E-state index in [1.54, 1.807) is 0 Å². The number of carboxylic acid groups (broad SMARTS) is 2. The molecule has 3 aromatic rings. The zero-order valence-electron chi connectivity index (χ0n) is 16.0. The first kappa shape index (κ1) is 29.9. The van der Waals surface area contributed by atoms with Gasteiger partial charge in [0.2, 0.25) is 0 Å². The summed E-state index contributed by atoms with van der Waals surface area (Å²) in [7, 11) is 0. The average Bonchev–Trinajstić information content (AvgIpc) is 2.64. The first-order valence-electron chi connectivity index (χ1n) is 8.22. The van der Waals surface area contributed by atoms with E-state index in [4.69, 9.17) is 19.8 Å². The number of carbonyl (C=O) groups excluding carboxylic acids is 2. The van der Waals surface area contributed by atoms with Gasteiger partial charge in [-0.05, 0) is 13.8 Å². The Bertz CT molecular complexity index is 704. The molecule has 0 N–H and O–H groups in total. The van der Waals surface area contributed by atoms with E-state index < -0.39 is 32.1 Å². The summed E-state index contributed by atoms with van der Waals surface area (Å²) in [5, 5.41) is 17.8. The zero-order chi connectivity index (χ0) is 20.1. The molecule has 0 spiro atoms. The van der Waals surface area contributed by atoms with Crippen LogP contribution in [0.3, 0.4) is 0 Å². The second kappa shape index (κ2) is 17.5. The van der Waals surface area contributed by atoms with Crippen LogP contribution in [0.5, 0.6) is 0 Å². The molecule has 3 rings (SSSR count). The number of rotatable bonds is 3. The zero-order valence-corrected chi connectivity index (χ0v) is 21.9. The first-order valence-corrected chi connectivity index (χ1v) is 12.0. The number of benzene rings is 3. The van der Waals surface area contributed by atoms with Gasteiger partial charge in [-0.3, -0.25) is 0 Å². The Kier molecular flexibility index (Phi) is 18.0. The summed E-state index contributed by atoms with van der Waals surface area (Å²) in [5.74, 6) is -2.17. The van der Waals surface area contributed by atoms with Crippen LogP contribution in [0.1, 0.15) is 13.8 Å². The van der Waals surface area contributed by atoms with Gasteiger partial charge < -0.3 is 19.8 Å². The molecule has 0 bridgehead atoms. The molecule has 0 aliphatic rings. The fourth-order valence-electron chi connectivity index (χ4n) is 2.18. The van der Waals surface area contributed by atoms with Gasteiger partial charge in [0, 0.05) is 11.9 Å². The minimum atomic E-state index is -1.83. The van der Waals surface area contributed by atoms with Crippen LogP contribution in [0.4, 0.5) is 0 Å². The van der Waals surface area contributed by atoms with Crippen molar-refractivity contribution in [3.8, 4) is 0 Å². The van der Waals surface area contributed by atoms with Gasteiger partial charge in [0.25, 0.3) is 0 Å². The van der Waals surface area contributed by atoms with Crippen molar-refractivity contribution in [3.05, 3.63) is 91.0 Å². The second-order valence-corrected chi connectivity index (χ2v) is 11.7. The van der Waals surface area contributed by atoms with Crippen molar-refractivity contribution >= 4 is 66.7 Å². The molecule has 0 aliphatic heterocycles. The van der Waals surface area contributed by atoms with Crippen molar-refractivity contribution in [2.45, 2.75) is 13.8 Å². The van der Waals surface area contributed by atoms with Gasteiger partial charge in [0.15, 0.2) is 0 Å². The topological polar surface area (TPSA) is 80.3 Å². The van der Waals surface area contributed by atoms with E-state index in [0.717, 1.165) is 13.8 Å². The van der Waals surface area contributed by atoms with E-state index in [1.807, 2.05) is 0 Å². The van der Waals surface area contributed by atoms with E-state index in [-0.39, 0.29) is 40.8 Å². The van der Waals surface area contributed by atoms with E-state index >= 15 is 0 Å². The summed E-state index contributed by atoms with van der Waals surface area (Å²) in [5.41, 5.74) is 0. The Labute approximate surface area is 206 Å². The summed E-state index contributed by atoms with van der Waals surface area (Å²) in [6.45, 7) is 1.94. The SMILES string of the molecule is CC(=O)[O-].CC(=O)[O-].I.[Co+2].c1cc[c]([Sb]([c]2ccccc2)[c]2ccccc2)cc1. The fraction of sp³-hybridized carbons (Fsp3) is 0.0909. The normalized spacial score (nSPS) is 8.66. The van der Waals surface area contributed by atoms with E-state index in [2.05, 4.69) is 91.0 Å². The third-order valence-electron chi connectivity index (χ3n) is 3.04. The molecule has 1 radical (unpaired) electrons. The number of hydrogen-bond donors (Lipinski definition) is 0. The monoisotopic (exact) mass is 657 g/mol. The Morgan fingerprint density at radius 3 is 0.931 bits per heavy atom. The van der Waals surface area contributed by atoms with Crippen LogP contribution in [-0.4, -0.2) is 32.1 Å². The van der Waals surface area contributed by atoms with Gasteiger partial charge in [-0.1, -0.05) is 0 Å². The Balaban J connectivity index is 0. The van der Waals surface area contributed by atoms with Crippen LogP contribution >= 0.6 is 24.0 Å². The molecule has 4 nitrogen and oxygen atoms in total. The quantitative estimate of drug-likeness (QED) is 0.301. The minimum absolute atomic E-state index is 0. The number of carbonyl (C=O) groups is 2. The molecular weight excluding hydrogens is 636 g/mol. The molecule has 0 amide bonds. The summed E-state index contributed by atoms with van der Waals surface area (Å²) in [4.78, 5) is 17.8. The van der Waals surface area contributed by atoms with Gasteiger partial charge in [-0.15, -0.1) is 24.0 Å². The van der Waals surface area contributed by atoms with Gasteiger partial charge in [-0.2, -0.15) is 0 Å². The van der Waals surface area contributed by atoms with E-state index in [0.29, 0.717) is 0 Å². The molecule has 0 saturated carbocycles. The summed E-state index contributed by atoms with van der Waals surface area (Å²) in [6.07, 6.45) is 0. The van der Waals surface area contributed by atoms with Crippen LogP contribution in [0.15, 0.2) is 91.0 Å². The fourth-order valence-corrected chi connectivity index (χ4v) is 8.76. The van der Waals surface area contributed by atoms with Crippen LogP contribution in [0.2, 0.25) is 0 Å². The van der Waals surface area contributed by atoms with Crippen molar-refractivity contribution in [1.29, 1.82) is 0 Å². The Morgan fingerprint density at radius 1 is 0.586 bits per heavy atom. The molecule has 29 heavy (non-hydrogen) atoms. The molecule has 0 aliphatic carbocycles. The van der Waals surface area contributed by atoms with Crippen molar-refractivity contribution in [3.63, 3.8) is 0 Å². The van der Waals surface area contributed by atoms with Crippen molar-refractivity contribution in [2.24, 2.45) is 0 Å². The van der Waals surface area contributed by atoms with Crippen molar-refractivity contribution in [2.75, 3.05) is 0 Å². The Hall–Kier alpha value is -1.35. The van der Waals surface area contributed by atoms with Gasteiger partial charge in [-0.25, -0.2) is 0 Å². The maximum absolute atomic E-state index is 8.89. The standard InChI is InChI=1S/3C6H5.2C2H4O2.Co.HI.Sb/c3*1-2-4-6-5-3-1;2*1-2(3)4;;;/h3*1-5H;2*1H3,(H,3,4);;1H;/q;;;;;+2;;/p-2. The molecule has 7 heteroatoms. The number of aliphatic carboxylic acids is 2. The van der Waals surface area contributed by atoms with E-state index in [1.165, 1.54) is 10.5 Å². The number of halogens is 1. The average molecular weight is 658 g/mol. The van der Waals surface area contributed by atoms with Crippen molar-refractivity contribution in [1.82, 2.24) is 0 Å². The molecule has 0 fully saturated rings. The van der Waals surface area contributed by atoms with Crippen LogP contribution in [0, 0.1) is 0 Å². The molecule has 0 unspecified atom stereocenters.